The van der Waals surface area contributed by atoms with Gasteiger partial charge in [0.2, 0.25) is 11.8 Å². The fourth-order valence-electron chi connectivity index (χ4n) is 3.93. The van der Waals surface area contributed by atoms with Crippen LogP contribution < -0.4 is 9.62 Å². The van der Waals surface area contributed by atoms with E-state index in [0.29, 0.717) is 10.6 Å². The van der Waals surface area contributed by atoms with Crippen LogP contribution in [-0.2, 0) is 26.2 Å². The van der Waals surface area contributed by atoms with Crippen molar-refractivity contribution in [2.75, 3.05) is 17.9 Å². The number of halogens is 3. The van der Waals surface area contributed by atoms with E-state index in [2.05, 4.69) is 5.32 Å². The second kappa shape index (κ2) is 12.6. The Labute approximate surface area is 232 Å². The Morgan fingerprint density at radius 3 is 2.24 bits per heavy atom. The number of rotatable bonds is 10. The molecule has 0 fully saturated rings. The maximum absolute atomic E-state index is 14.9. The highest BCUT2D eigenvalue weighted by molar-refractivity contribution is 7.92. The SMILES string of the molecule is CC[C@@H](C(=O)NC)N(Cc1ccc(Cl)c(Cl)c1)C(=O)CN(c1ccccc1F)S(=O)(=O)c1ccc(C)cc1. The molecule has 0 aliphatic rings. The van der Waals surface area contributed by atoms with E-state index in [1.165, 1.54) is 42.3 Å². The first-order valence-electron chi connectivity index (χ1n) is 11.8. The van der Waals surface area contributed by atoms with E-state index in [0.717, 1.165) is 15.9 Å². The molecule has 1 atom stereocenters. The standard InChI is InChI=1S/C27H28Cl2FN3O4S/c1-4-24(27(35)31-3)32(16-19-11-14-21(28)22(29)15-19)26(34)17-33(25-8-6-5-7-23(25)30)38(36,37)20-12-9-18(2)10-13-20/h5-15,24H,4,16-17H2,1-3H3,(H,31,35)/t24-/m0/s1. The van der Waals surface area contributed by atoms with Gasteiger partial charge in [0, 0.05) is 13.6 Å². The van der Waals surface area contributed by atoms with Gasteiger partial charge in [-0.3, -0.25) is 13.9 Å². The molecule has 38 heavy (non-hydrogen) atoms. The number of likely N-dealkylation sites (N-methyl/N-ethyl adjacent to an activating group) is 1. The summed E-state index contributed by atoms with van der Waals surface area (Å²) < 4.78 is 43.0. The van der Waals surface area contributed by atoms with E-state index in [1.54, 1.807) is 44.2 Å². The van der Waals surface area contributed by atoms with Crippen LogP contribution in [0, 0.1) is 12.7 Å². The van der Waals surface area contributed by atoms with Crippen molar-refractivity contribution < 1.29 is 22.4 Å². The van der Waals surface area contributed by atoms with Gasteiger partial charge in [-0.1, -0.05) is 66.0 Å². The number of aryl methyl sites for hydroxylation is 1. The van der Waals surface area contributed by atoms with Crippen molar-refractivity contribution in [3.05, 3.63) is 93.7 Å². The minimum atomic E-state index is -4.36. The number of benzene rings is 3. The van der Waals surface area contributed by atoms with E-state index < -0.39 is 40.2 Å². The first-order valence-corrected chi connectivity index (χ1v) is 14.0. The molecule has 0 aliphatic carbocycles. The molecule has 0 aromatic heterocycles. The van der Waals surface area contributed by atoms with Gasteiger partial charge in [-0.2, -0.15) is 0 Å². The maximum Gasteiger partial charge on any atom is 0.264 e. The molecule has 0 aliphatic heterocycles. The largest absolute Gasteiger partial charge is 0.357 e. The van der Waals surface area contributed by atoms with Crippen LogP contribution in [0.4, 0.5) is 10.1 Å². The number of para-hydroxylation sites is 1. The molecule has 3 aromatic carbocycles. The lowest BCUT2D eigenvalue weighted by molar-refractivity contribution is -0.140. The van der Waals surface area contributed by atoms with Gasteiger partial charge in [0.1, 0.15) is 18.4 Å². The Balaban J connectivity index is 2.08. The van der Waals surface area contributed by atoms with Crippen LogP contribution >= 0.6 is 23.2 Å². The lowest BCUT2D eigenvalue weighted by Gasteiger charge is -2.33. The second-order valence-electron chi connectivity index (χ2n) is 8.58. The number of hydrogen-bond acceptors (Lipinski definition) is 4. The van der Waals surface area contributed by atoms with Crippen molar-refractivity contribution in [3.63, 3.8) is 0 Å². The maximum atomic E-state index is 14.9. The average molecular weight is 581 g/mol. The van der Waals surface area contributed by atoms with Crippen LogP contribution in [0.25, 0.3) is 0 Å². The zero-order chi connectivity index (χ0) is 28.0. The molecule has 3 rings (SSSR count). The molecule has 11 heteroatoms. The van der Waals surface area contributed by atoms with Gasteiger partial charge in [0.05, 0.1) is 20.6 Å². The van der Waals surface area contributed by atoms with Crippen molar-refractivity contribution >= 4 is 50.7 Å². The molecule has 2 amide bonds. The summed E-state index contributed by atoms with van der Waals surface area (Å²) in [6.45, 7) is 2.73. The van der Waals surface area contributed by atoms with Crippen molar-refractivity contribution in [3.8, 4) is 0 Å². The van der Waals surface area contributed by atoms with Crippen molar-refractivity contribution in [1.82, 2.24) is 10.2 Å². The Morgan fingerprint density at radius 1 is 1.00 bits per heavy atom. The summed E-state index contributed by atoms with van der Waals surface area (Å²) in [6, 6.07) is 15.2. The minimum Gasteiger partial charge on any atom is -0.357 e. The lowest BCUT2D eigenvalue weighted by Crippen LogP contribution is -2.51. The first-order chi connectivity index (χ1) is 18.0. The third-order valence-electron chi connectivity index (χ3n) is 5.98. The number of hydrogen-bond donors (Lipinski definition) is 1. The summed E-state index contributed by atoms with van der Waals surface area (Å²) in [5.74, 6) is -1.95. The molecule has 0 bridgehead atoms. The number of sulfonamides is 1. The van der Waals surface area contributed by atoms with Gasteiger partial charge in [-0.05, 0) is 55.3 Å². The third kappa shape index (κ3) is 6.64. The number of anilines is 1. The van der Waals surface area contributed by atoms with E-state index >= 15 is 0 Å². The van der Waals surface area contributed by atoms with Crippen LogP contribution in [0.2, 0.25) is 10.0 Å². The minimum absolute atomic E-state index is 0.0582. The Hall–Kier alpha value is -3.14. The van der Waals surface area contributed by atoms with Gasteiger partial charge >= 0.3 is 0 Å². The normalized spacial score (nSPS) is 12.1. The summed E-state index contributed by atoms with van der Waals surface area (Å²) in [4.78, 5) is 27.7. The number of nitrogens with one attached hydrogen (secondary N) is 1. The fraction of sp³-hybridized carbons (Fsp3) is 0.259. The van der Waals surface area contributed by atoms with Crippen LogP contribution in [-0.4, -0.2) is 44.8 Å². The first kappa shape index (κ1) is 29.4. The van der Waals surface area contributed by atoms with Crippen molar-refractivity contribution in [2.24, 2.45) is 0 Å². The monoisotopic (exact) mass is 579 g/mol. The third-order valence-corrected chi connectivity index (χ3v) is 8.49. The average Bonchev–Trinajstić information content (AvgIpc) is 2.89. The predicted molar refractivity (Wildman–Crippen MR) is 147 cm³/mol. The molecule has 0 saturated heterocycles. The molecule has 7 nitrogen and oxygen atoms in total. The summed E-state index contributed by atoms with van der Waals surface area (Å²) >= 11 is 12.2. The van der Waals surface area contributed by atoms with Crippen LogP contribution in [0.15, 0.2) is 71.6 Å². The van der Waals surface area contributed by atoms with Gasteiger partial charge in [0.25, 0.3) is 10.0 Å². The highest BCUT2D eigenvalue weighted by Crippen LogP contribution is 2.28. The number of nitrogens with zero attached hydrogens (tertiary/aromatic N) is 2. The van der Waals surface area contributed by atoms with Crippen LogP contribution in [0.3, 0.4) is 0 Å². The highest BCUT2D eigenvalue weighted by Gasteiger charge is 2.34. The summed E-state index contributed by atoms with van der Waals surface area (Å²) in [5.41, 5.74) is 1.12. The Kier molecular flexibility index (Phi) is 9.76. The van der Waals surface area contributed by atoms with Gasteiger partial charge in [0.15, 0.2) is 0 Å². The Morgan fingerprint density at radius 2 is 1.66 bits per heavy atom. The molecule has 3 aromatic rings. The molecule has 0 heterocycles. The molecule has 0 saturated carbocycles. The van der Waals surface area contributed by atoms with Crippen molar-refractivity contribution in [2.45, 2.75) is 37.8 Å². The lowest BCUT2D eigenvalue weighted by atomic mass is 10.1. The predicted octanol–water partition coefficient (Wildman–Crippen LogP) is 5.19. The van der Waals surface area contributed by atoms with E-state index in [1.807, 2.05) is 0 Å². The van der Waals surface area contributed by atoms with Crippen LogP contribution in [0.1, 0.15) is 24.5 Å². The molecule has 202 valence electrons. The van der Waals surface area contributed by atoms with E-state index in [-0.39, 0.29) is 28.6 Å². The van der Waals surface area contributed by atoms with E-state index in [9.17, 15) is 22.4 Å². The van der Waals surface area contributed by atoms with Gasteiger partial charge in [-0.15, -0.1) is 0 Å². The fourth-order valence-corrected chi connectivity index (χ4v) is 5.67. The van der Waals surface area contributed by atoms with E-state index in [4.69, 9.17) is 23.2 Å². The molecular formula is C27H28Cl2FN3O4S. The number of amides is 2. The Bertz CT molecular complexity index is 1420. The van der Waals surface area contributed by atoms with Gasteiger partial charge < -0.3 is 10.2 Å². The summed E-state index contributed by atoms with van der Waals surface area (Å²) in [5, 5.41) is 3.13. The summed E-state index contributed by atoms with van der Waals surface area (Å²) in [7, 11) is -2.91. The quantitative estimate of drug-likeness (QED) is 0.358. The zero-order valence-electron chi connectivity index (χ0n) is 21.1. The van der Waals surface area contributed by atoms with Gasteiger partial charge in [-0.25, -0.2) is 12.8 Å². The second-order valence-corrected chi connectivity index (χ2v) is 11.3. The zero-order valence-corrected chi connectivity index (χ0v) is 23.4. The highest BCUT2D eigenvalue weighted by atomic mass is 35.5. The molecule has 0 radical (unpaired) electrons. The number of carbonyl (C=O) groups is 2. The molecular weight excluding hydrogens is 552 g/mol. The smallest absolute Gasteiger partial charge is 0.264 e. The summed E-state index contributed by atoms with van der Waals surface area (Å²) in [6.07, 6.45) is 0.247. The molecule has 0 spiro atoms. The van der Waals surface area contributed by atoms with Crippen LogP contribution in [0.5, 0.6) is 0 Å². The molecule has 0 unspecified atom stereocenters. The van der Waals surface area contributed by atoms with Crippen molar-refractivity contribution in [1.29, 1.82) is 0 Å². The number of carbonyl (C=O) groups excluding carboxylic acids is 2. The molecule has 1 N–H and O–H groups in total. The topological polar surface area (TPSA) is 86.8 Å².